The van der Waals surface area contributed by atoms with Crippen LogP contribution in [0.3, 0.4) is 0 Å². The van der Waals surface area contributed by atoms with Crippen molar-refractivity contribution in [1.29, 1.82) is 0 Å². The second-order valence-electron chi connectivity index (χ2n) is 15.6. The number of nitrogens with zero attached hydrogens (tertiary/aromatic N) is 3. The van der Waals surface area contributed by atoms with Crippen molar-refractivity contribution in [2.75, 3.05) is 0 Å². The van der Waals surface area contributed by atoms with Gasteiger partial charge in [-0.3, -0.25) is 4.98 Å². The molecule has 278 valence electrons. The standard InChI is InChI=1S/C57H35N3/c1-2-11-44-42(9-1)33-53(49-15-6-3-12-46(44)49)38-22-26-40(27-23-38)55-34-54(59-57(60-55)41-28-18-36(19-29-41)43-10-8-32-58-35-43)39-24-20-37(21-25-39)45-30-31-52-48-14-5-4-13-47(48)51-17-7-16-50(45)56(51)52/h1-35H. The minimum absolute atomic E-state index is 0.681. The number of hydrogen-bond acceptors (Lipinski definition) is 3. The fourth-order valence-corrected chi connectivity index (χ4v) is 9.21. The second kappa shape index (κ2) is 13.8. The Morgan fingerprint density at radius 3 is 1.52 bits per heavy atom. The normalized spacial score (nSPS) is 11.7. The third kappa shape index (κ3) is 5.63. The number of aromatic nitrogens is 3. The van der Waals surface area contributed by atoms with Crippen molar-refractivity contribution in [3.63, 3.8) is 0 Å². The molecule has 0 amide bonds. The Labute approximate surface area is 348 Å². The molecule has 2 aromatic heterocycles. The molecule has 3 nitrogen and oxygen atoms in total. The predicted octanol–water partition coefficient (Wildman–Crippen LogP) is 15.0. The lowest BCUT2D eigenvalue weighted by atomic mass is 9.92. The van der Waals surface area contributed by atoms with Crippen LogP contribution in [0.1, 0.15) is 0 Å². The van der Waals surface area contributed by atoms with Gasteiger partial charge in [0.25, 0.3) is 0 Å². The number of fused-ring (bicyclic) bond motifs is 6. The molecule has 3 heteroatoms. The SMILES string of the molecule is c1cncc(-c2ccc(-c3nc(-c4ccc(-c5ccc6c7c(cccc57)-c5ccccc5-6)cc4)cc(-c4ccc(-c5cc6ccccc6c6ccccc56)cc4)n3)cc2)c1. The van der Waals surface area contributed by atoms with Crippen molar-refractivity contribution in [3.05, 3.63) is 213 Å². The van der Waals surface area contributed by atoms with Crippen molar-refractivity contribution in [2.45, 2.75) is 0 Å². The van der Waals surface area contributed by atoms with E-state index in [1.54, 1.807) is 6.20 Å². The molecule has 0 saturated heterocycles. The molecule has 0 spiro atoms. The van der Waals surface area contributed by atoms with E-state index in [0.717, 1.165) is 39.2 Å². The van der Waals surface area contributed by atoms with Crippen LogP contribution in [0.15, 0.2) is 213 Å². The molecule has 0 atom stereocenters. The van der Waals surface area contributed by atoms with E-state index in [4.69, 9.17) is 9.97 Å². The summed E-state index contributed by atoms with van der Waals surface area (Å²) in [4.78, 5) is 14.7. The van der Waals surface area contributed by atoms with E-state index >= 15 is 0 Å². The Balaban J connectivity index is 0.945. The molecule has 2 heterocycles. The number of rotatable bonds is 6. The zero-order valence-electron chi connectivity index (χ0n) is 32.5. The van der Waals surface area contributed by atoms with Crippen LogP contribution in [0.5, 0.6) is 0 Å². The van der Waals surface area contributed by atoms with E-state index in [1.165, 1.54) is 76.8 Å². The van der Waals surface area contributed by atoms with E-state index in [2.05, 4.69) is 199 Å². The average Bonchev–Trinajstić information content (AvgIpc) is 3.66. The fraction of sp³-hybridized carbons (Fsp3) is 0. The molecule has 0 N–H and O–H groups in total. The van der Waals surface area contributed by atoms with E-state index in [-0.39, 0.29) is 0 Å². The summed E-state index contributed by atoms with van der Waals surface area (Å²) in [5.74, 6) is 0.681. The van der Waals surface area contributed by atoms with Crippen molar-refractivity contribution in [2.24, 2.45) is 0 Å². The molecule has 60 heavy (non-hydrogen) atoms. The Morgan fingerprint density at radius 1 is 0.283 bits per heavy atom. The maximum Gasteiger partial charge on any atom is 0.160 e. The zero-order chi connectivity index (χ0) is 39.6. The van der Waals surface area contributed by atoms with Gasteiger partial charge < -0.3 is 0 Å². The molecule has 12 rings (SSSR count). The summed E-state index contributed by atoms with van der Waals surface area (Å²) in [6.07, 6.45) is 3.69. The Hall–Kier alpha value is -8.01. The van der Waals surface area contributed by atoms with Crippen molar-refractivity contribution < 1.29 is 0 Å². The molecular weight excluding hydrogens is 727 g/mol. The Bertz CT molecular complexity index is 3410. The van der Waals surface area contributed by atoms with Gasteiger partial charge >= 0.3 is 0 Å². The summed E-state index contributed by atoms with van der Waals surface area (Å²) < 4.78 is 0. The van der Waals surface area contributed by atoms with Crippen LogP contribution in [-0.2, 0) is 0 Å². The first kappa shape index (κ1) is 34.1. The maximum absolute atomic E-state index is 5.21. The van der Waals surface area contributed by atoms with Crippen molar-refractivity contribution in [1.82, 2.24) is 15.0 Å². The highest BCUT2D eigenvalue weighted by Crippen LogP contribution is 2.49. The van der Waals surface area contributed by atoms with Crippen LogP contribution in [-0.4, -0.2) is 15.0 Å². The van der Waals surface area contributed by atoms with Gasteiger partial charge in [0.2, 0.25) is 0 Å². The van der Waals surface area contributed by atoms with Gasteiger partial charge in [0.15, 0.2) is 5.82 Å². The largest absolute Gasteiger partial charge is 0.264 e. The molecule has 0 radical (unpaired) electrons. The number of hydrogen-bond donors (Lipinski definition) is 0. The van der Waals surface area contributed by atoms with E-state index in [0.29, 0.717) is 5.82 Å². The lowest BCUT2D eigenvalue weighted by molar-refractivity contribution is 1.18. The third-order valence-corrected chi connectivity index (χ3v) is 12.2. The predicted molar refractivity (Wildman–Crippen MR) is 249 cm³/mol. The van der Waals surface area contributed by atoms with Crippen LogP contribution in [0.4, 0.5) is 0 Å². The summed E-state index contributed by atoms with van der Waals surface area (Å²) in [6.45, 7) is 0. The number of pyridine rings is 1. The monoisotopic (exact) mass is 761 g/mol. The Morgan fingerprint density at radius 2 is 0.817 bits per heavy atom. The van der Waals surface area contributed by atoms with Gasteiger partial charge in [-0.15, -0.1) is 0 Å². The van der Waals surface area contributed by atoms with Crippen LogP contribution in [0.2, 0.25) is 0 Å². The van der Waals surface area contributed by atoms with Gasteiger partial charge in [-0.25, -0.2) is 9.97 Å². The summed E-state index contributed by atoms with van der Waals surface area (Å²) >= 11 is 0. The van der Waals surface area contributed by atoms with Gasteiger partial charge in [-0.05, 0) is 106 Å². The first-order valence-electron chi connectivity index (χ1n) is 20.4. The van der Waals surface area contributed by atoms with Gasteiger partial charge in [0, 0.05) is 29.1 Å². The quantitative estimate of drug-likeness (QED) is 0.158. The van der Waals surface area contributed by atoms with Crippen molar-refractivity contribution >= 4 is 32.3 Å². The third-order valence-electron chi connectivity index (χ3n) is 12.2. The molecule has 0 saturated carbocycles. The molecule has 11 aromatic rings. The summed E-state index contributed by atoms with van der Waals surface area (Å²) in [7, 11) is 0. The first-order valence-corrected chi connectivity index (χ1v) is 20.4. The van der Waals surface area contributed by atoms with Gasteiger partial charge in [-0.2, -0.15) is 0 Å². The lowest BCUT2D eigenvalue weighted by Crippen LogP contribution is -1.96. The summed E-state index contributed by atoms with van der Waals surface area (Å²) in [5.41, 5.74) is 17.0. The van der Waals surface area contributed by atoms with Crippen molar-refractivity contribution in [3.8, 4) is 89.5 Å². The van der Waals surface area contributed by atoms with Crippen LogP contribution >= 0.6 is 0 Å². The molecule has 9 aromatic carbocycles. The first-order chi connectivity index (χ1) is 29.7. The van der Waals surface area contributed by atoms with E-state index in [9.17, 15) is 0 Å². The zero-order valence-corrected chi connectivity index (χ0v) is 32.5. The molecule has 0 fully saturated rings. The van der Waals surface area contributed by atoms with Crippen LogP contribution < -0.4 is 0 Å². The highest BCUT2D eigenvalue weighted by atomic mass is 14.9. The molecular formula is C57H35N3. The highest BCUT2D eigenvalue weighted by Gasteiger charge is 2.22. The summed E-state index contributed by atoms with van der Waals surface area (Å²) in [6, 6.07) is 72.0. The lowest BCUT2D eigenvalue weighted by Gasteiger charge is -2.13. The average molecular weight is 762 g/mol. The van der Waals surface area contributed by atoms with Crippen LogP contribution in [0, 0.1) is 0 Å². The maximum atomic E-state index is 5.21. The topological polar surface area (TPSA) is 38.7 Å². The highest BCUT2D eigenvalue weighted by molar-refractivity contribution is 6.19. The minimum Gasteiger partial charge on any atom is -0.264 e. The van der Waals surface area contributed by atoms with Gasteiger partial charge in [-0.1, -0.05) is 182 Å². The second-order valence-corrected chi connectivity index (χ2v) is 15.6. The molecule has 1 aliphatic carbocycles. The number of benzene rings is 9. The smallest absolute Gasteiger partial charge is 0.160 e. The summed E-state index contributed by atoms with van der Waals surface area (Å²) in [5, 5.41) is 7.62. The molecule has 0 bridgehead atoms. The van der Waals surface area contributed by atoms with E-state index in [1.807, 2.05) is 12.3 Å². The van der Waals surface area contributed by atoms with Gasteiger partial charge in [0.1, 0.15) is 0 Å². The fourth-order valence-electron chi connectivity index (χ4n) is 9.21. The Kier molecular flexibility index (Phi) is 7.85. The molecule has 1 aliphatic rings. The molecule has 0 aliphatic heterocycles. The molecule has 0 unspecified atom stereocenters. The van der Waals surface area contributed by atoms with Gasteiger partial charge in [0.05, 0.1) is 11.4 Å². The minimum atomic E-state index is 0.681. The van der Waals surface area contributed by atoms with E-state index < -0.39 is 0 Å². The van der Waals surface area contributed by atoms with Crippen LogP contribution in [0.25, 0.3) is 122 Å².